The van der Waals surface area contributed by atoms with Crippen molar-refractivity contribution < 1.29 is 14.3 Å². The minimum Gasteiger partial charge on any atom is -0.481 e. The smallest absolute Gasteiger partial charge is 0.321 e. The van der Waals surface area contributed by atoms with Gasteiger partial charge in [0.25, 0.3) is 5.91 Å². The first-order valence-corrected chi connectivity index (χ1v) is 5.85. The van der Waals surface area contributed by atoms with E-state index in [4.69, 9.17) is 4.74 Å². The Bertz CT molecular complexity index is 432. The van der Waals surface area contributed by atoms with Gasteiger partial charge in [0.1, 0.15) is 5.75 Å². The van der Waals surface area contributed by atoms with Crippen LogP contribution in [-0.4, -0.2) is 24.6 Å². The van der Waals surface area contributed by atoms with Crippen molar-refractivity contribution in [3.8, 4) is 5.75 Å². The molecule has 0 spiro atoms. The van der Waals surface area contributed by atoms with E-state index < -0.39 is 18.0 Å². The summed E-state index contributed by atoms with van der Waals surface area (Å²) < 4.78 is 5.44. The summed E-state index contributed by atoms with van der Waals surface area (Å²) in [5, 5.41) is 4.68. The highest BCUT2D eigenvalue weighted by atomic mass is 16.5. The second kappa shape index (κ2) is 6.64. The Labute approximate surface area is 107 Å². The third-order valence-electron chi connectivity index (χ3n) is 2.25. The Morgan fingerprint density at radius 2 is 2.11 bits per heavy atom. The quantitative estimate of drug-likeness (QED) is 0.853. The van der Waals surface area contributed by atoms with Crippen LogP contribution in [0.1, 0.15) is 19.4 Å². The number of nitrogens with one attached hydrogen (secondary N) is 2. The number of carbonyl (C=O) groups excluding carboxylic acids is 2. The molecule has 1 aromatic carbocycles. The van der Waals surface area contributed by atoms with Gasteiger partial charge in [-0.1, -0.05) is 12.1 Å². The van der Waals surface area contributed by atoms with Crippen molar-refractivity contribution in [3.05, 3.63) is 29.8 Å². The molecular weight excluding hydrogens is 232 g/mol. The largest absolute Gasteiger partial charge is 0.481 e. The molecule has 2 N–H and O–H groups in total. The van der Waals surface area contributed by atoms with Crippen LogP contribution < -0.4 is 15.4 Å². The van der Waals surface area contributed by atoms with E-state index in [-0.39, 0.29) is 0 Å². The fourth-order valence-electron chi connectivity index (χ4n) is 1.36. The molecule has 0 aliphatic rings. The van der Waals surface area contributed by atoms with E-state index in [2.05, 4.69) is 10.6 Å². The lowest BCUT2D eigenvalue weighted by atomic mass is 10.2. The molecule has 0 aromatic heterocycles. The van der Waals surface area contributed by atoms with Gasteiger partial charge in [0.2, 0.25) is 0 Å². The van der Waals surface area contributed by atoms with Crippen molar-refractivity contribution >= 4 is 11.9 Å². The molecule has 1 rings (SSSR count). The number of imide groups is 1. The zero-order valence-electron chi connectivity index (χ0n) is 10.8. The Morgan fingerprint density at radius 1 is 1.39 bits per heavy atom. The van der Waals surface area contributed by atoms with E-state index in [9.17, 15) is 9.59 Å². The summed E-state index contributed by atoms with van der Waals surface area (Å²) in [4.78, 5) is 22.8. The average Bonchev–Trinajstić information content (AvgIpc) is 2.29. The summed E-state index contributed by atoms with van der Waals surface area (Å²) in [6.07, 6.45) is -0.727. The van der Waals surface area contributed by atoms with Crippen molar-refractivity contribution in [2.75, 3.05) is 6.54 Å². The molecule has 5 nitrogen and oxygen atoms in total. The zero-order valence-corrected chi connectivity index (χ0v) is 10.8. The molecule has 0 aliphatic heterocycles. The maximum absolute atomic E-state index is 11.6. The minimum atomic E-state index is -0.727. The van der Waals surface area contributed by atoms with E-state index in [0.29, 0.717) is 12.3 Å². The Kier molecular flexibility index (Phi) is 5.17. The second-order valence-corrected chi connectivity index (χ2v) is 3.93. The minimum absolute atomic E-state index is 0.465. The lowest BCUT2D eigenvalue weighted by Crippen LogP contribution is -2.45. The van der Waals surface area contributed by atoms with Gasteiger partial charge in [-0.25, -0.2) is 4.79 Å². The van der Waals surface area contributed by atoms with E-state index in [1.165, 1.54) is 0 Å². The summed E-state index contributed by atoms with van der Waals surface area (Å²) >= 11 is 0. The highest BCUT2D eigenvalue weighted by molar-refractivity contribution is 5.96. The first kappa shape index (κ1) is 14.0. The Morgan fingerprint density at radius 3 is 2.72 bits per heavy atom. The van der Waals surface area contributed by atoms with Crippen molar-refractivity contribution in [3.63, 3.8) is 0 Å². The van der Waals surface area contributed by atoms with Crippen LogP contribution in [0.4, 0.5) is 4.79 Å². The molecular formula is C13H18N2O3. The van der Waals surface area contributed by atoms with Crippen LogP contribution in [0, 0.1) is 6.92 Å². The predicted molar refractivity (Wildman–Crippen MR) is 68.5 cm³/mol. The van der Waals surface area contributed by atoms with Crippen LogP contribution >= 0.6 is 0 Å². The zero-order chi connectivity index (χ0) is 13.5. The topological polar surface area (TPSA) is 67.4 Å². The van der Waals surface area contributed by atoms with Crippen LogP contribution in [0.15, 0.2) is 24.3 Å². The molecule has 5 heteroatoms. The van der Waals surface area contributed by atoms with E-state index in [0.717, 1.165) is 5.56 Å². The molecule has 0 saturated carbocycles. The van der Waals surface area contributed by atoms with Crippen molar-refractivity contribution in [1.82, 2.24) is 10.6 Å². The number of amides is 3. The number of carbonyl (C=O) groups is 2. The fraction of sp³-hybridized carbons (Fsp3) is 0.385. The number of hydrogen-bond acceptors (Lipinski definition) is 3. The van der Waals surface area contributed by atoms with Crippen LogP contribution in [0.25, 0.3) is 0 Å². The van der Waals surface area contributed by atoms with E-state index >= 15 is 0 Å². The molecule has 0 bridgehead atoms. The maximum atomic E-state index is 11.6. The number of aryl methyl sites for hydroxylation is 1. The molecule has 0 radical (unpaired) electrons. The molecule has 1 unspecified atom stereocenters. The summed E-state index contributed by atoms with van der Waals surface area (Å²) in [5.41, 5.74) is 1.05. The number of hydrogen-bond donors (Lipinski definition) is 2. The first-order chi connectivity index (χ1) is 8.52. The Balaban J connectivity index is 2.52. The van der Waals surface area contributed by atoms with Gasteiger partial charge in [-0.3, -0.25) is 10.1 Å². The molecule has 1 aromatic rings. The van der Waals surface area contributed by atoms with Crippen molar-refractivity contribution in [2.24, 2.45) is 0 Å². The molecule has 0 saturated heterocycles. The van der Waals surface area contributed by atoms with Crippen LogP contribution in [0.3, 0.4) is 0 Å². The number of ether oxygens (including phenoxy) is 1. The number of rotatable bonds is 4. The lowest BCUT2D eigenvalue weighted by molar-refractivity contribution is -0.126. The molecule has 1 atom stereocenters. The lowest BCUT2D eigenvalue weighted by Gasteiger charge is -2.14. The average molecular weight is 250 g/mol. The highest BCUT2D eigenvalue weighted by Gasteiger charge is 2.16. The molecule has 0 fully saturated rings. The number of urea groups is 1. The van der Waals surface area contributed by atoms with Crippen molar-refractivity contribution in [1.29, 1.82) is 0 Å². The molecule has 3 amide bonds. The van der Waals surface area contributed by atoms with Crippen LogP contribution in [0.5, 0.6) is 5.75 Å². The Hall–Kier alpha value is -2.04. The van der Waals surface area contributed by atoms with E-state index in [1.807, 2.05) is 25.1 Å². The third kappa shape index (κ3) is 4.45. The van der Waals surface area contributed by atoms with Crippen molar-refractivity contribution in [2.45, 2.75) is 26.9 Å². The highest BCUT2D eigenvalue weighted by Crippen LogP contribution is 2.14. The normalized spacial score (nSPS) is 11.5. The van der Waals surface area contributed by atoms with E-state index in [1.54, 1.807) is 19.9 Å². The van der Waals surface area contributed by atoms with Crippen LogP contribution in [0.2, 0.25) is 0 Å². The molecule has 98 valence electrons. The monoisotopic (exact) mass is 250 g/mol. The molecule has 18 heavy (non-hydrogen) atoms. The van der Waals surface area contributed by atoms with Gasteiger partial charge >= 0.3 is 6.03 Å². The van der Waals surface area contributed by atoms with Gasteiger partial charge in [0.15, 0.2) is 6.10 Å². The molecule has 0 heterocycles. The number of benzene rings is 1. The predicted octanol–water partition coefficient (Wildman–Crippen LogP) is 1.61. The van der Waals surface area contributed by atoms with Gasteiger partial charge in [-0.2, -0.15) is 0 Å². The summed E-state index contributed by atoms with van der Waals surface area (Å²) in [5.74, 6) is 0.135. The summed E-state index contributed by atoms with van der Waals surface area (Å²) in [6, 6.07) is 6.87. The van der Waals surface area contributed by atoms with Gasteiger partial charge in [0, 0.05) is 6.54 Å². The van der Waals surface area contributed by atoms with Gasteiger partial charge in [-0.05, 0) is 38.5 Å². The van der Waals surface area contributed by atoms with Gasteiger partial charge < -0.3 is 10.1 Å². The summed E-state index contributed by atoms with van der Waals surface area (Å²) in [7, 11) is 0. The molecule has 0 aliphatic carbocycles. The third-order valence-corrected chi connectivity index (χ3v) is 2.25. The standard InChI is InChI=1S/C13H18N2O3/c1-4-14-13(17)15-12(16)10(3)18-11-7-5-6-9(2)8-11/h5-8,10H,4H2,1-3H3,(H2,14,15,16,17). The SMILES string of the molecule is CCNC(=O)NC(=O)C(C)Oc1cccc(C)c1. The second-order valence-electron chi connectivity index (χ2n) is 3.93. The van der Waals surface area contributed by atoms with Gasteiger partial charge in [-0.15, -0.1) is 0 Å². The first-order valence-electron chi connectivity index (χ1n) is 5.85. The maximum Gasteiger partial charge on any atom is 0.321 e. The summed E-state index contributed by atoms with van der Waals surface area (Å²) in [6.45, 7) is 5.77. The van der Waals surface area contributed by atoms with Gasteiger partial charge in [0.05, 0.1) is 0 Å². The van der Waals surface area contributed by atoms with Crippen LogP contribution in [-0.2, 0) is 4.79 Å². The fourth-order valence-corrected chi connectivity index (χ4v) is 1.36.